The summed E-state index contributed by atoms with van der Waals surface area (Å²) in [5.41, 5.74) is 5.90. The van der Waals surface area contributed by atoms with E-state index in [9.17, 15) is 0 Å². The van der Waals surface area contributed by atoms with E-state index < -0.39 is 0 Å². The number of nitrogens with one attached hydrogen (secondary N) is 1. The Bertz CT molecular complexity index is 281. The lowest BCUT2D eigenvalue weighted by atomic mass is 10.0. The molecule has 14 heavy (non-hydrogen) atoms. The van der Waals surface area contributed by atoms with Crippen molar-refractivity contribution in [1.29, 1.82) is 0 Å². The van der Waals surface area contributed by atoms with Crippen LogP contribution in [0.15, 0.2) is 6.20 Å². The predicted octanol–water partition coefficient (Wildman–Crippen LogP) is 1.67. The summed E-state index contributed by atoms with van der Waals surface area (Å²) in [6.45, 7) is 7.90. The largest absolute Gasteiger partial charge is 0.324 e. The van der Waals surface area contributed by atoms with E-state index in [1.165, 1.54) is 4.88 Å². The van der Waals surface area contributed by atoms with Crippen molar-refractivity contribution in [3.05, 3.63) is 16.1 Å². The molecule has 0 spiro atoms. The summed E-state index contributed by atoms with van der Waals surface area (Å²) in [6, 6.07) is 0. The van der Waals surface area contributed by atoms with Crippen molar-refractivity contribution in [2.45, 2.75) is 39.3 Å². The molecule has 0 aliphatic carbocycles. The molecule has 0 aromatic carbocycles. The lowest BCUT2D eigenvalue weighted by Crippen LogP contribution is -2.45. The van der Waals surface area contributed by atoms with Crippen LogP contribution in [0, 0.1) is 6.92 Å². The second kappa shape index (κ2) is 4.87. The van der Waals surface area contributed by atoms with E-state index in [1.807, 2.05) is 6.20 Å². The van der Waals surface area contributed by atoms with Crippen LogP contribution in [0.25, 0.3) is 0 Å². The fourth-order valence-electron chi connectivity index (χ4n) is 1.06. The molecule has 0 amide bonds. The second-order valence-corrected chi connectivity index (χ2v) is 5.30. The minimum atomic E-state index is -0.105. The standard InChI is InChI=1S/C10H19N3S/c1-4-10(3,11)7-12-6-9-13-5-8(2)14-9/h5,12H,4,6-7,11H2,1-3H3. The molecule has 3 nitrogen and oxygen atoms in total. The first-order chi connectivity index (χ1) is 6.53. The lowest BCUT2D eigenvalue weighted by Gasteiger charge is -2.22. The van der Waals surface area contributed by atoms with Crippen LogP contribution in [0.2, 0.25) is 0 Å². The van der Waals surface area contributed by atoms with Gasteiger partial charge < -0.3 is 11.1 Å². The van der Waals surface area contributed by atoms with Crippen molar-refractivity contribution in [1.82, 2.24) is 10.3 Å². The summed E-state index contributed by atoms with van der Waals surface area (Å²) in [6.07, 6.45) is 2.89. The predicted molar refractivity (Wildman–Crippen MR) is 61.4 cm³/mol. The molecule has 0 fully saturated rings. The van der Waals surface area contributed by atoms with Gasteiger partial charge in [-0.15, -0.1) is 11.3 Å². The van der Waals surface area contributed by atoms with Gasteiger partial charge in [0.05, 0.1) is 0 Å². The SMILES string of the molecule is CCC(C)(N)CNCc1ncc(C)s1. The van der Waals surface area contributed by atoms with Crippen molar-refractivity contribution in [2.24, 2.45) is 5.73 Å². The zero-order valence-corrected chi connectivity index (χ0v) is 9.95. The molecule has 4 heteroatoms. The fourth-order valence-corrected chi connectivity index (χ4v) is 1.82. The summed E-state index contributed by atoms with van der Waals surface area (Å²) >= 11 is 1.73. The maximum absolute atomic E-state index is 6.01. The highest BCUT2D eigenvalue weighted by Crippen LogP contribution is 2.11. The molecule has 0 saturated carbocycles. The Morgan fingerprint density at radius 3 is 2.86 bits per heavy atom. The monoisotopic (exact) mass is 213 g/mol. The molecule has 1 unspecified atom stereocenters. The number of thiazole rings is 1. The highest BCUT2D eigenvalue weighted by atomic mass is 32.1. The number of aromatic nitrogens is 1. The number of hydrogen-bond donors (Lipinski definition) is 2. The zero-order valence-electron chi connectivity index (χ0n) is 9.13. The summed E-state index contributed by atoms with van der Waals surface area (Å²) < 4.78 is 0. The van der Waals surface area contributed by atoms with E-state index in [0.717, 1.165) is 24.5 Å². The van der Waals surface area contributed by atoms with Crippen LogP contribution in [-0.4, -0.2) is 17.1 Å². The number of rotatable bonds is 5. The Kier molecular flexibility index (Phi) is 4.04. The summed E-state index contributed by atoms with van der Waals surface area (Å²) in [7, 11) is 0. The minimum Gasteiger partial charge on any atom is -0.324 e. The summed E-state index contributed by atoms with van der Waals surface area (Å²) in [5, 5.41) is 4.46. The van der Waals surface area contributed by atoms with Gasteiger partial charge in [0, 0.05) is 29.7 Å². The first-order valence-corrected chi connectivity index (χ1v) is 5.76. The van der Waals surface area contributed by atoms with Crippen LogP contribution >= 0.6 is 11.3 Å². The smallest absolute Gasteiger partial charge is 0.107 e. The van der Waals surface area contributed by atoms with Crippen molar-refractivity contribution in [3.8, 4) is 0 Å². The third-order valence-corrected chi connectivity index (χ3v) is 3.19. The molecule has 80 valence electrons. The van der Waals surface area contributed by atoms with E-state index >= 15 is 0 Å². The summed E-state index contributed by atoms with van der Waals surface area (Å²) in [5.74, 6) is 0. The Balaban J connectivity index is 2.28. The molecule has 1 rings (SSSR count). The van der Waals surface area contributed by atoms with Gasteiger partial charge in [-0.2, -0.15) is 0 Å². The minimum absolute atomic E-state index is 0.105. The van der Waals surface area contributed by atoms with Crippen LogP contribution in [0.3, 0.4) is 0 Å². The third kappa shape index (κ3) is 3.74. The molecule has 0 aliphatic heterocycles. The lowest BCUT2D eigenvalue weighted by molar-refractivity contribution is 0.416. The molecular weight excluding hydrogens is 194 g/mol. The number of aryl methyl sites for hydroxylation is 1. The first kappa shape index (κ1) is 11.6. The second-order valence-electron chi connectivity index (χ2n) is 3.98. The number of hydrogen-bond acceptors (Lipinski definition) is 4. The average molecular weight is 213 g/mol. The molecular formula is C10H19N3S. The molecule has 0 aliphatic rings. The highest BCUT2D eigenvalue weighted by molar-refractivity contribution is 7.11. The average Bonchev–Trinajstić information content (AvgIpc) is 2.51. The quantitative estimate of drug-likeness (QED) is 0.782. The molecule has 0 bridgehead atoms. The summed E-state index contributed by atoms with van der Waals surface area (Å²) in [4.78, 5) is 5.53. The van der Waals surface area contributed by atoms with E-state index in [1.54, 1.807) is 11.3 Å². The van der Waals surface area contributed by atoms with E-state index in [0.29, 0.717) is 0 Å². The number of nitrogens with zero attached hydrogens (tertiary/aromatic N) is 1. The Hall–Kier alpha value is -0.450. The zero-order chi connectivity index (χ0) is 10.6. The Morgan fingerprint density at radius 1 is 1.64 bits per heavy atom. The van der Waals surface area contributed by atoms with Crippen molar-refractivity contribution in [2.75, 3.05) is 6.54 Å². The topological polar surface area (TPSA) is 50.9 Å². The Labute approximate surface area is 89.7 Å². The first-order valence-electron chi connectivity index (χ1n) is 4.94. The third-order valence-electron chi connectivity index (χ3n) is 2.28. The van der Waals surface area contributed by atoms with Crippen LogP contribution in [-0.2, 0) is 6.54 Å². The van der Waals surface area contributed by atoms with Gasteiger partial charge in [0.15, 0.2) is 0 Å². The normalized spacial score (nSPS) is 15.4. The highest BCUT2D eigenvalue weighted by Gasteiger charge is 2.14. The molecule has 3 N–H and O–H groups in total. The van der Waals surface area contributed by atoms with E-state index in [2.05, 4.69) is 31.1 Å². The van der Waals surface area contributed by atoms with Crippen LogP contribution in [0.4, 0.5) is 0 Å². The maximum Gasteiger partial charge on any atom is 0.107 e. The van der Waals surface area contributed by atoms with Gasteiger partial charge in [0.2, 0.25) is 0 Å². The van der Waals surface area contributed by atoms with E-state index in [-0.39, 0.29) is 5.54 Å². The molecule has 1 heterocycles. The van der Waals surface area contributed by atoms with E-state index in [4.69, 9.17) is 5.73 Å². The van der Waals surface area contributed by atoms with Gasteiger partial charge in [-0.05, 0) is 20.3 Å². The van der Waals surface area contributed by atoms with Gasteiger partial charge in [-0.3, -0.25) is 0 Å². The molecule has 1 atom stereocenters. The van der Waals surface area contributed by atoms with Crippen molar-refractivity contribution < 1.29 is 0 Å². The van der Waals surface area contributed by atoms with Gasteiger partial charge in [0.1, 0.15) is 5.01 Å². The molecule has 1 aromatic heterocycles. The van der Waals surface area contributed by atoms with Gasteiger partial charge >= 0.3 is 0 Å². The molecule has 0 radical (unpaired) electrons. The van der Waals surface area contributed by atoms with Gasteiger partial charge in [-0.25, -0.2) is 4.98 Å². The molecule has 0 saturated heterocycles. The van der Waals surface area contributed by atoms with Crippen LogP contribution in [0.1, 0.15) is 30.2 Å². The van der Waals surface area contributed by atoms with Crippen LogP contribution < -0.4 is 11.1 Å². The van der Waals surface area contributed by atoms with Gasteiger partial charge in [0.25, 0.3) is 0 Å². The molecule has 1 aromatic rings. The van der Waals surface area contributed by atoms with Crippen LogP contribution in [0.5, 0.6) is 0 Å². The van der Waals surface area contributed by atoms with Crippen molar-refractivity contribution >= 4 is 11.3 Å². The van der Waals surface area contributed by atoms with Gasteiger partial charge in [-0.1, -0.05) is 6.92 Å². The fraction of sp³-hybridized carbons (Fsp3) is 0.700. The Morgan fingerprint density at radius 2 is 2.36 bits per heavy atom. The van der Waals surface area contributed by atoms with Crippen molar-refractivity contribution in [3.63, 3.8) is 0 Å². The maximum atomic E-state index is 6.01. The number of nitrogens with two attached hydrogens (primary N) is 1.